The van der Waals surface area contributed by atoms with Gasteiger partial charge in [0.25, 0.3) is 5.91 Å². The fourth-order valence-electron chi connectivity index (χ4n) is 1.97. The molecule has 2 aromatic rings. The summed E-state index contributed by atoms with van der Waals surface area (Å²) in [5.74, 6) is 0.133. The topological polar surface area (TPSA) is 20.3 Å². The Bertz CT molecular complexity index is 514. The van der Waals surface area contributed by atoms with E-state index in [-0.39, 0.29) is 5.91 Å². The van der Waals surface area contributed by atoms with Crippen LogP contribution in [0.2, 0.25) is 0 Å². The monoisotopic (exact) mass is 259 g/mol. The van der Waals surface area contributed by atoms with E-state index in [1.54, 1.807) is 0 Å². The lowest BCUT2D eigenvalue weighted by Crippen LogP contribution is -2.30. The van der Waals surface area contributed by atoms with Crippen LogP contribution in [-0.4, -0.2) is 23.9 Å². The fourth-order valence-corrected chi connectivity index (χ4v) is 2.86. The quantitative estimate of drug-likeness (QED) is 0.815. The minimum Gasteiger partial charge on any atom is -0.338 e. The van der Waals surface area contributed by atoms with Gasteiger partial charge in [-0.3, -0.25) is 4.79 Å². The minimum absolute atomic E-state index is 0.133. The molecule has 0 fully saturated rings. The van der Waals surface area contributed by atoms with Crippen molar-refractivity contribution >= 4 is 17.2 Å². The maximum atomic E-state index is 12.4. The summed E-state index contributed by atoms with van der Waals surface area (Å²) in [6.45, 7) is 5.53. The highest BCUT2D eigenvalue weighted by Crippen LogP contribution is 2.29. The molecule has 1 aromatic carbocycles. The molecule has 0 radical (unpaired) electrons. The molecule has 0 aliphatic heterocycles. The summed E-state index contributed by atoms with van der Waals surface area (Å²) in [4.78, 5) is 15.1. The number of rotatable bonds is 4. The Morgan fingerprint density at radius 2 is 1.78 bits per heavy atom. The molecule has 0 aliphatic carbocycles. The molecule has 1 heterocycles. The molecule has 2 nitrogen and oxygen atoms in total. The number of thiophene rings is 1. The van der Waals surface area contributed by atoms with Crippen LogP contribution in [0.25, 0.3) is 11.1 Å². The highest BCUT2D eigenvalue weighted by molar-refractivity contribution is 7.12. The van der Waals surface area contributed by atoms with Crippen molar-refractivity contribution in [2.45, 2.75) is 13.8 Å². The molecule has 0 spiro atoms. The summed E-state index contributed by atoms with van der Waals surface area (Å²) >= 11 is 1.52. The molecular formula is C15H17NOS. The molecule has 18 heavy (non-hydrogen) atoms. The lowest BCUT2D eigenvalue weighted by atomic mass is 10.1. The second kappa shape index (κ2) is 5.83. The molecule has 0 aliphatic rings. The van der Waals surface area contributed by atoms with E-state index in [9.17, 15) is 4.79 Å². The standard InChI is InChI=1S/C15H17NOS/c1-3-16(4-2)15(17)14-13(10-11-18-14)12-8-6-5-7-9-12/h5-11H,3-4H2,1-2H3. The van der Waals surface area contributed by atoms with Gasteiger partial charge in [-0.05, 0) is 30.9 Å². The average molecular weight is 259 g/mol. The van der Waals surface area contributed by atoms with E-state index in [2.05, 4.69) is 0 Å². The Labute approximate surface area is 112 Å². The Kier molecular flexibility index (Phi) is 4.15. The molecule has 1 aromatic heterocycles. The molecule has 94 valence electrons. The summed E-state index contributed by atoms with van der Waals surface area (Å²) in [5.41, 5.74) is 2.15. The van der Waals surface area contributed by atoms with Crippen LogP contribution in [-0.2, 0) is 0 Å². The maximum Gasteiger partial charge on any atom is 0.264 e. The first kappa shape index (κ1) is 12.8. The van der Waals surface area contributed by atoms with Crippen LogP contribution < -0.4 is 0 Å². The first-order valence-corrected chi connectivity index (χ1v) is 7.08. The molecule has 0 saturated carbocycles. The molecule has 0 unspecified atom stereocenters. The summed E-state index contributed by atoms with van der Waals surface area (Å²) in [6, 6.07) is 12.1. The number of carbonyl (C=O) groups excluding carboxylic acids is 1. The van der Waals surface area contributed by atoms with E-state index < -0.39 is 0 Å². The SMILES string of the molecule is CCN(CC)C(=O)c1sccc1-c1ccccc1. The number of benzene rings is 1. The van der Waals surface area contributed by atoms with Gasteiger partial charge in [-0.25, -0.2) is 0 Å². The molecular weight excluding hydrogens is 242 g/mol. The zero-order valence-electron chi connectivity index (χ0n) is 10.7. The van der Waals surface area contributed by atoms with Gasteiger partial charge in [0.15, 0.2) is 0 Å². The predicted octanol–water partition coefficient (Wildman–Crippen LogP) is 3.90. The third-order valence-electron chi connectivity index (χ3n) is 2.99. The van der Waals surface area contributed by atoms with Crippen LogP contribution in [0.1, 0.15) is 23.5 Å². The Hall–Kier alpha value is -1.61. The lowest BCUT2D eigenvalue weighted by molar-refractivity contribution is 0.0778. The van der Waals surface area contributed by atoms with Gasteiger partial charge in [0.05, 0.1) is 4.88 Å². The smallest absolute Gasteiger partial charge is 0.264 e. The summed E-state index contributed by atoms with van der Waals surface area (Å²) < 4.78 is 0. The highest BCUT2D eigenvalue weighted by Gasteiger charge is 2.18. The van der Waals surface area contributed by atoms with Crippen molar-refractivity contribution in [3.05, 3.63) is 46.7 Å². The van der Waals surface area contributed by atoms with Gasteiger partial charge in [-0.1, -0.05) is 30.3 Å². The Morgan fingerprint density at radius 3 is 2.39 bits per heavy atom. The van der Waals surface area contributed by atoms with Crippen LogP contribution in [0.4, 0.5) is 0 Å². The van der Waals surface area contributed by atoms with Gasteiger partial charge in [0.2, 0.25) is 0 Å². The van der Waals surface area contributed by atoms with Gasteiger partial charge in [-0.15, -0.1) is 11.3 Å². The zero-order valence-corrected chi connectivity index (χ0v) is 11.5. The second-order valence-electron chi connectivity index (χ2n) is 4.01. The number of nitrogens with zero attached hydrogens (tertiary/aromatic N) is 1. The molecule has 0 bridgehead atoms. The molecule has 1 amide bonds. The largest absolute Gasteiger partial charge is 0.338 e. The Morgan fingerprint density at radius 1 is 1.11 bits per heavy atom. The van der Waals surface area contributed by atoms with Gasteiger partial charge < -0.3 is 4.90 Å². The molecule has 0 atom stereocenters. The normalized spacial score (nSPS) is 10.3. The van der Waals surface area contributed by atoms with Gasteiger partial charge in [0.1, 0.15) is 0 Å². The molecule has 3 heteroatoms. The van der Waals surface area contributed by atoms with Gasteiger partial charge >= 0.3 is 0 Å². The van der Waals surface area contributed by atoms with Crippen LogP contribution in [0.5, 0.6) is 0 Å². The number of hydrogen-bond acceptors (Lipinski definition) is 2. The van der Waals surface area contributed by atoms with E-state index in [0.29, 0.717) is 0 Å². The Balaban J connectivity index is 2.37. The highest BCUT2D eigenvalue weighted by atomic mass is 32.1. The van der Waals surface area contributed by atoms with Crippen molar-refractivity contribution in [3.63, 3.8) is 0 Å². The van der Waals surface area contributed by atoms with Gasteiger partial charge in [0, 0.05) is 18.7 Å². The van der Waals surface area contributed by atoms with Crippen molar-refractivity contribution in [2.24, 2.45) is 0 Å². The van der Waals surface area contributed by atoms with E-state index in [4.69, 9.17) is 0 Å². The first-order valence-electron chi connectivity index (χ1n) is 6.20. The molecule has 0 N–H and O–H groups in total. The second-order valence-corrected chi connectivity index (χ2v) is 4.92. The van der Waals surface area contributed by atoms with Crippen molar-refractivity contribution in [1.82, 2.24) is 4.90 Å². The van der Waals surface area contributed by atoms with Crippen LogP contribution >= 0.6 is 11.3 Å². The average Bonchev–Trinajstić information content (AvgIpc) is 2.90. The summed E-state index contributed by atoms with van der Waals surface area (Å²) in [5, 5.41) is 1.99. The van der Waals surface area contributed by atoms with Crippen LogP contribution in [0, 0.1) is 0 Å². The van der Waals surface area contributed by atoms with E-state index in [1.165, 1.54) is 11.3 Å². The first-order chi connectivity index (χ1) is 8.77. The van der Waals surface area contributed by atoms with Crippen molar-refractivity contribution in [1.29, 1.82) is 0 Å². The van der Waals surface area contributed by atoms with E-state index in [1.807, 2.05) is 60.5 Å². The summed E-state index contributed by atoms with van der Waals surface area (Å²) in [7, 11) is 0. The fraction of sp³-hybridized carbons (Fsp3) is 0.267. The minimum atomic E-state index is 0.133. The van der Waals surface area contributed by atoms with E-state index >= 15 is 0 Å². The third kappa shape index (κ3) is 2.46. The van der Waals surface area contributed by atoms with E-state index in [0.717, 1.165) is 29.1 Å². The zero-order chi connectivity index (χ0) is 13.0. The number of amides is 1. The van der Waals surface area contributed by atoms with Gasteiger partial charge in [-0.2, -0.15) is 0 Å². The third-order valence-corrected chi connectivity index (χ3v) is 3.90. The van der Waals surface area contributed by atoms with Crippen LogP contribution in [0.15, 0.2) is 41.8 Å². The maximum absolute atomic E-state index is 12.4. The van der Waals surface area contributed by atoms with Crippen molar-refractivity contribution in [2.75, 3.05) is 13.1 Å². The van der Waals surface area contributed by atoms with Crippen molar-refractivity contribution in [3.8, 4) is 11.1 Å². The molecule has 2 rings (SSSR count). The molecule has 0 saturated heterocycles. The lowest BCUT2D eigenvalue weighted by Gasteiger charge is -2.18. The predicted molar refractivity (Wildman–Crippen MR) is 77.0 cm³/mol. The number of hydrogen-bond donors (Lipinski definition) is 0. The van der Waals surface area contributed by atoms with Crippen molar-refractivity contribution < 1.29 is 4.79 Å². The van der Waals surface area contributed by atoms with Crippen LogP contribution in [0.3, 0.4) is 0 Å². The number of carbonyl (C=O) groups is 1. The summed E-state index contributed by atoms with van der Waals surface area (Å²) in [6.07, 6.45) is 0.